The predicted octanol–water partition coefficient (Wildman–Crippen LogP) is 4.22. The number of morpholine rings is 1. The van der Waals surface area contributed by atoms with Crippen LogP contribution in [-0.4, -0.2) is 40.5 Å². The summed E-state index contributed by atoms with van der Waals surface area (Å²) in [6.45, 7) is 4.95. The number of ether oxygens (including phenoxy) is 2. The summed E-state index contributed by atoms with van der Waals surface area (Å²) >= 11 is 0. The van der Waals surface area contributed by atoms with Crippen LogP contribution in [0.25, 0.3) is 11.8 Å². The number of amidine groups is 1. The molecule has 1 aromatic heterocycles. The van der Waals surface area contributed by atoms with Gasteiger partial charge in [0.05, 0.1) is 31.4 Å². The SMILES string of the molecule is COc1cc(C=C2OCCN3C2=NOC3(C)c2ccc(F)cc2)ccc1-n1cnc(C)c1. The zero-order chi connectivity index (χ0) is 22.3. The maximum absolute atomic E-state index is 13.4. The molecule has 0 saturated carbocycles. The molecule has 1 saturated heterocycles. The van der Waals surface area contributed by atoms with Crippen molar-refractivity contribution in [2.24, 2.45) is 5.16 Å². The number of methoxy groups -OCH3 is 1. The quantitative estimate of drug-likeness (QED) is 0.615. The number of aryl methyl sites for hydroxylation is 1. The number of nitrogens with zero attached hydrogens (tertiary/aromatic N) is 4. The van der Waals surface area contributed by atoms with Crippen molar-refractivity contribution in [2.45, 2.75) is 19.6 Å². The molecule has 1 fully saturated rings. The normalized spacial score (nSPS) is 21.1. The molecule has 32 heavy (non-hydrogen) atoms. The summed E-state index contributed by atoms with van der Waals surface area (Å²) in [7, 11) is 1.64. The van der Waals surface area contributed by atoms with Crippen molar-refractivity contribution in [1.82, 2.24) is 14.5 Å². The van der Waals surface area contributed by atoms with Crippen LogP contribution in [0.2, 0.25) is 0 Å². The van der Waals surface area contributed by atoms with E-state index in [9.17, 15) is 4.39 Å². The average Bonchev–Trinajstić information content (AvgIpc) is 3.39. The van der Waals surface area contributed by atoms with E-state index in [0.29, 0.717) is 30.5 Å². The summed E-state index contributed by atoms with van der Waals surface area (Å²) in [6.07, 6.45) is 5.61. The molecule has 8 heteroatoms. The Hall–Kier alpha value is -3.81. The summed E-state index contributed by atoms with van der Waals surface area (Å²) in [5, 5.41) is 4.31. The highest BCUT2D eigenvalue weighted by molar-refractivity contribution is 6.01. The first kappa shape index (κ1) is 20.1. The first-order valence-corrected chi connectivity index (χ1v) is 10.3. The molecule has 0 spiro atoms. The molecule has 0 amide bonds. The molecule has 3 heterocycles. The topological polar surface area (TPSA) is 61.1 Å². The molecule has 2 aliphatic rings. The van der Waals surface area contributed by atoms with Crippen LogP contribution in [-0.2, 0) is 15.3 Å². The van der Waals surface area contributed by atoms with Gasteiger partial charge in [0, 0.05) is 18.7 Å². The fraction of sp³-hybridized carbons (Fsp3) is 0.250. The van der Waals surface area contributed by atoms with E-state index in [0.717, 1.165) is 22.5 Å². The van der Waals surface area contributed by atoms with Crippen molar-refractivity contribution in [3.05, 3.63) is 83.4 Å². The Bertz CT molecular complexity index is 1220. The monoisotopic (exact) mass is 434 g/mol. The maximum atomic E-state index is 13.4. The molecule has 1 atom stereocenters. The molecule has 0 N–H and O–H groups in total. The number of oxime groups is 1. The molecule has 0 aliphatic carbocycles. The zero-order valence-electron chi connectivity index (χ0n) is 18.1. The highest BCUT2D eigenvalue weighted by Crippen LogP contribution is 2.38. The molecule has 3 aromatic rings. The molecule has 1 unspecified atom stereocenters. The summed E-state index contributed by atoms with van der Waals surface area (Å²) in [4.78, 5) is 12.2. The Morgan fingerprint density at radius 2 is 2.00 bits per heavy atom. The Morgan fingerprint density at radius 1 is 1.19 bits per heavy atom. The van der Waals surface area contributed by atoms with Gasteiger partial charge in [-0.15, -0.1) is 0 Å². The summed E-state index contributed by atoms with van der Waals surface area (Å²) in [6, 6.07) is 12.2. The van der Waals surface area contributed by atoms with Gasteiger partial charge in [0.25, 0.3) is 0 Å². The number of rotatable bonds is 4. The lowest BCUT2D eigenvalue weighted by Gasteiger charge is -2.37. The molecular weight excluding hydrogens is 411 g/mol. The minimum atomic E-state index is -0.827. The number of aromatic nitrogens is 2. The van der Waals surface area contributed by atoms with E-state index in [1.807, 2.05) is 53.8 Å². The van der Waals surface area contributed by atoms with Crippen LogP contribution in [0.4, 0.5) is 4.39 Å². The third kappa shape index (κ3) is 3.37. The van der Waals surface area contributed by atoms with Crippen molar-refractivity contribution in [3.63, 3.8) is 0 Å². The molecule has 2 aliphatic heterocycles. The van der Waals surface area contributed by atoms with E-state index in [2.05, 4.69) is 10.1 Å². The van der Waals surface area contributed by atoms with E-state index in [4.69, 9.17) is 14.3 Å². The van der Waals surface area contributed by atoms with Gasteiger partial charge in [-0.1, -0.05) is 23.4 Å². The second-order valence-corrected chi connectivity index (χ2v) is 7.86. The Kier molecular flexibility index (Phi) is 4.84. The van der Waals surface area contributed by atoms with Gasteiger partial charge >= 0.3 is 0 Å². The van der Waals surface area contributed by atoms with Crippen LogP contribution in [0.5, 0.6) is 5.75 Å². The molecule has 164 valence electrons. The van der Waals surface area contributed by atoms with Crippen LogP contribution in [0, 0.1) is 12.7 Å². The standard InChI is InChI=1S/C24H23FN4O3/c1-16-14-28(15-26-16)20-9-4-17(12-21(20)30-3)13-22-23-27-32-24(2,29(23)10-11-31-22)18-5-7-19(25)8-6-18/h4-9,12-15H,10-11H2,1-3H3. The number of hydrogen-bond donors (Lipinski definition) is 0. The second-order valence-electron chi connectivity index (χ2n) is 7.86. The van der Waals surface area contributed by atoms with Gasteiger partial charge in [-0.25, -0.2) is 9.37 Å². The lowest BCUT2D eigenvalue weighted by Crippen LogP contribution is -2.48. The van der Waals surface area contributed by atoms with Crippen LogP contribution >= 0.6 is 0 Å². The molecule has 0 radical (unpaired) electrons. The molecule has 0 bridgehead atoms. The van der Waals surface area contributed by atoms with E-state index >= 15 is 0 Å². The number of hydrogen-bond acceptors (Lipinski definition) is 6. The molecule has 7 nitrogen and oxygen atoms in total. The van der Waals surface area contributed by atoms with Gasteiger partial charge in [-0.2, -0.15) is 0 Å². The van der Waals surface area contributed by atoms with Gasteiger partial charge in [0.15, 0.2) is 5.76 Å². The molecule has 5 rings (SSSR count). The molecule has 2 aromatic carbocycles. The van der Waals surface area contributed by atoms with Crippen LogP contribution in [0.15, 0.2) is 65.9 Å². The minimum absolute atomic E-state index is 0.290. The van der Waals surface area contributed by atoms with Gasteiger partial charge in [-0.05, 0) is 42.8 Å². The van der Waals surface area contributed by atoms with Crippen LogP contribution in [0.1, 0.15) is 23.7 Å². The Balaban J connectivity index is 1.45. The first-order valence-electron chi connectivity index (χ1n) is 10.3. The summed E-state index contributed by atoms with van der Waals surface area (Å²) in [5.41, 5.74) is 2.72. The van der Waals surface area contributed by atoms with Crippen molar-refractivity contribution < 1.29 is 18.7 Å². The smallest absolute Gasteiger partial charge is 0.234 e. The largest absolute Gasteiger partial charge is 0.495 e. The predicted molar refractivity (Wildman–Crippen MR) is 118 cm³/mol. The van der Waals surface area contributed by atoms with Crippen LogP contribution < -0.4 is 4.74 Å². The average molecular weight is 434 g/mol. The second kappa shape index (κ2) is 7.71. The lowest BCUT2D eigenvalue weighted by atomic mass is 10.0. The highest BCUT2D eigenvalue weighted by atomic mass is 19.1. The van der Waals surface area contributed by atoms with Crippen molar-refractivity contribution >= 4 is 11.9 Å². The molecular formula is C24H23FN4O3. The number of halogens is 1. The Labute approximate surface area is 185 Å². The van der Waals surface area contributed by atoms with Crippen molar-refractivity contribution in [1.29, 1.82) is 0 Å². The lowest BCUT2D eigenvalue weighted by molar-refractivity contribution is -0.0968. The zero-order valence-corrected chi connectivity index (χ0v) is 18.1. The van der Waals surface area contributed by atoms with E-state index in [1.165, 1.54) is 12.1 Å². The third-order valence-corrected chi connectivity index (χ3v) is 5.74. The van der Waals surface area contributed by atoms with Gasteiger partial charge < -0.3 is 23.8 Å². The summed E-state index contributed by atoms with van der Waals surface area (Å²) < 4.78 is 26.9. The van der Waals surface area contributed by atoms with E-state index < -0.39 is 5.72 Å². The van der Waals surface area contributed by atoms with Gasteiger partial charge in [-0.3, -0.25) is 0 Å². The Morgan fingerprint density at radius 3 is 2.72 bits per heavy atom. The summed E-state index contributed by atoms with van der Waals surface area (Å²) in [5.74, 6) is 1.64. The van der Waals surface area contributed by atoms with E-state index in [1.54, 1.807) is 25.6 Å². The fourth-order valence-electron chi connectivity index (χ4n) is 4.02. The highest BCUT2D eigenvalue weighted by Gasteiger charge is 2.46. The van der Waals surface area contributed by atoms with Gasteiger partial charge in [0.1, 0.15) is 18.2 Å². The number of fused-ring (bicyclic) bond motifs is 1. The van der Waals surface area contributed by atoms with Crippen molar-refractivity contribution in [3.8, 4) is 11.4 Å². The maximum Gasteiger partial charge on any atom is 0.234 e. The first-order chi connectivity index (χ1) is 15.5. The van der Waals surface area contributed by atoms with Crippen LogP contribution in [0.3, 0.4) is 0 Å². The van der Waals surface area contributed by atoms with Gasteiger partial charge in [0.2, 0.25) is 11.6 Å². The van der Waals surface area contributed by atoms with Crippen molar-refractivity contribution in [2.75, 3.05) is 20.3 Å². The minimum Gasteiger partial charge on any atom is -0.495 e. The number of imidazole rings is 1. The third-order valence-electron chi connectivity index (χ3n) is 5.74. The van der Waals surface area contributed by atoms with E-state index in [-0.39, 0.29) is 5.82 Å². The number of benzene rings is 2. The fourth-order valence-corrected chi connectivity index (χ4v) is 4.02.